The summed E-state index contributed by atoms with van der Waals surface area (Å²) < 4.78 is 5.96. The Hall–Kier alpha value is -3.33. The van der Waals surface area contributed by atoms with Gasteiger partial charge in [-0.2, -0.15) is 0 Å². The quantitative estimate of drug-likeness (QED) is 0.771. The second kappa shape index (κ2) is 6.65. The number of nitrogens with one attached hydrogen (secondary N) is 1. The standard InChI is InChI=1S/C22H17NO2/c24-22-14-21(20(23-22)13-16-7-2-1-3-8-16)25-15-18-11-6-10-17-9-4-5-12-19(17)18/h1-14H,15H2,(H,23,24)/b20-13-. The van der Waals surface area contributed by atoms with E-state index >= 15 is 0 Å². The van der Waals surface area contributed by atoms with Crippen molar-refractivity contribution in [3.8, 4) is 0 Å². The molecule has 1 amide bonds. The average Bonchev–Trinajstić information content (AvgIpc) is 3.00. The number of hydrogen-bond donors (Lipinski definition) is 1. The van der Waals surface area contributed by atoms with Crippen LogP contribution in [-0.2, 0) is 16.1 Å². The van der Waals surface area contributed by atoms with Gasteiger partial charge in [-0.25, -0.2) is 0 Å². The number of rotatable bonds is 4. The van der Waals surface area contributed by atoms with Gasteiger partial charge in [-0.05, 0) is 28.0 Å². The number of amides is 1. The molecule has 122 valence electrons. The van der Waals surface area contributed by atoms with Crippen LogP contribution < -0.4 is 5.32 Å². The lowest BCUT2D eigenvalue weighted by molar-refractivity contribution is -0.115. The van der Waals surface area contributed by atoms with Crippen LogP contribution in [0.4, 0.5) is 0 Å². The molecule has 0 bridgehead atoms. The van der Waals surface area contributed by atoms with Gasteiger partial charge in [-0.3, -0.25) is 4.79 Å². The lowest BCUT2D eigenvalue weighted by Gasteiger charge is -2.11. The normalized spacial score (nSPS) is 15.3. The minimum Gasteiger partial charge on any atom is -0.486 e. The molecule has 4 rings (SSSR count). The third kappa shape index (κ3) is 3.31. The summed E-state index contributed by atoms with van der Waals surface area (Å²) in [6, 6.07) is 24.2. The maximum Gasteiger partial charge on any atom is 0.252 e. The summed E-state index contributed by atoms with van der Waals surface area (Å²) in [5, 5.41) is 5.17. The van der Waals surface area contributed by atoms with Crippen LogP contribution in [0.5, 0.6) is 0 Å². The van der Waals surface area contributed by atoms with Crippen LogP contribution in [0, 0.1) is 0 Å². The Balaban J connectivity index is 1.58. The van der Waals surface area contributed by atoms with Crippen LogP contribution in [0.2, 0.25) is 0 Å². The highest BCUT2D eigenvalue weighted by Gasteiger charge is 2.19. The second-order valence-electron chi connectivity index (χ2n) is 5.89. The Morgan fingerprint density at radius 3 is 2.52 bits per heavy atom. The van der Waals surface area contributed by atoms with Crippen LogP contribution in [0.15, 0.2) is 90.3 Å². The topological polar surface area (TPSA) is 38.3 Å². The lowest BCUT2D eigenvalue weighted by atomic mass is 10.1. The van der Waals surface area contributed by atoms with Gasteiger partial charge in [0.05, 0.1) is 5.70 Å². The fourth-order valence-electron chi connectivity index (χ4n) is 2.94. The third-order valence-electron chi connectivity index (χ3n) is 4.16. The number of ether oxygens (including phenoxy) is 1. The minimum absolute atomic E-state index is 0.157. The molecule has 3 heteroatoms. The molecule has 0 fully saturated rings. The molecular weight excluding hydrogens is 310 g/mol. The SMILES string of the molecule is O=C1C=C(OCc2cccc3ccccc23)/C(=C/c2ccccc2)N1. The van der Waals surface area contributed by atoms with E-state index < -0.39 is 0 Å². The summed E-state index contributed by atoms with van der Waals surface area (Å²) in [5.41, 5.74) is 2.80. The number of carbonyl (C=O) groups excluding carboxylic acids is 1. The smallest absolute Gasteiger partial charge is 0.252 e. The first-order valence-corrected chi connectivity index (χ1v) is 8.19. The molecule has 3 aromatic rings. The maximum absolute atomic E-state index is 11.8. The van der Waals surface area contributed by atoms with Crippen molar-refractivity contribution in [3.05, 3.63) is 101 Å². The van der Waals surface area contributed by atoms with Gasteiger partial charge in [0.25, 0.3) is 5.91 Å². The number of benzene rings is 3. The number of hydrogen-bond acceptors (Lipinski definition) is 2. The molecule has 0 aromatic heterocycles. The molecule has 0 spiro atoms. The molecule has 1 heterocycles. The van der Waals surface area contributed by atoms with E-state index in [-0.39, 0.29) is 5.91 Å². The zero-order valence-electron chi connectivity index (χ0n) is 13.6. The Kier molecular flexibility index (Phi) is 4.05. The first-order chi connectivity index (χ1) is 12.3. The zero-order chi connectivity index (χ0) is 17.1. The summed E-state index contributed by atoms with van der Waals surface area (Å²) in [4.78, 5) is 11.8. The van der Waals surface area contributed by atoms with Crippen molar-refractivity contribution < 1.29 is 9.53 Å². The van der Waals surface area contributed by atoms with Crippen LogP contribution in [0.25, 0.3) is 16.8 Å². The Morgan fingerprint density at radius 1 is 0.880 bits per heavy atom. The van der Waals surface area contributed by atoms with Gasteiger partial charge in [0.1, 0.15) is 12.4 Å². The molecule has 0 saturated heterocycles. The zero-order valence-corrected chi connectivity index (χ0v) is 13.6. The third-order valence-corrected chi connectivity index (χ3v) is 4.16. The Morgan fingerprint density at radius 2 is 1.64 bits per heavy atom. The van der Waals surface area contributed by atoms with E-state index in [9.17, 15) is 4.79 Å². The summed E-state index contributed by atoms with van der Waals surface area (Å²) in [6.45, 7) is 0.411. The molecule has 25 heavy (non-hydrogen) atoms. The monoisotopic (exact) mass is 327 g/mol. The molecule has 0 aliphatic carbocycles. The predicted molar refractivity (Wildman–Crippen MR) is 99.4 cm³/mol. The van der Waals surface area contributed by atoms with E-state index in [4.69, 9.17) is 4.74 Å². The van der Waals surface area contributed by atoms with E-state index in [1.54, 1.807) is 0 Å². The lowest BCUT2D eigenvalue weighted by Crippen LogP contribution is -2.13. The molecule has 3 nitrogen and oxygen atoms in total. The van der Waals surface area contributed by atoms with Crippen LogP contribution in [0.3, 0.4) is 0 Å². The summed E-state index contributed by atoms with van der Waals surface area (Å²) >= 11 is 0. The fraction of sp³-hybridized carbons (Fsp3) is 0.0455. The van der Waals surface area contributed by atoms with E-state index in [1.165, 1.54) is 11.5 Å². The molecule has 0 radical (unpaired) electrons. The first kappa shape index (κ1) is 15.2. The van der Waals surface area contributed by atoms with Gasteiger partial charge in [0.15, 0.2) is 0 Å². The molecule has 0 atom stereocenters. The highest BCUT2D eigenvalue weighted by molar-refractivity contribution is 5.95. The predicted octanol–water partition coefficient (Wildman–Crippen LogP) is 4.41. The highest BCUT2D eigenvalue weighted by atomic mass is 16.5. The highest BCUT2D eigenvalue weighted by Crippen LogP contribution is 2.23. The molecule has 1 aliphatic heterocycles. The average molecular weight is 327 g/mol. The Bertz CT molecular complexity index is 982. The number of fused-ring (bicyclic) bond motifs is 1. The molecule has 3 aromatic carbocycles. The van der Waals surface area contributed by atoms with Crippen molar-refractivity contribution in [2.75, 3.05) is 0 Å². The van der Waals surface area contributed by atoms with Crippen molar-refractivity contribution in [3.63, 3.8) is 0 Å². The van der Waals surface area contributed by atoms with Crippen LogP contribution >= 0.6 is 0 Å². The largest absolute Gasteiger partial charge is 0.486 e. The molecule has 0 unspecified atom stereocenters. The van der Waals surface area contributed by atoms with E-state index in [1.807, 2.05) is 60.7 Å². The van der Waals surface area contributed by atoms with Crippen LogP contribution in [-0.4, -0.2) is 5.91 Å². The van der Waals surface area contributed by atoms with Gasteiger partial charge in [-0.15, -0.1) is 0 Å². The van der Waals surface area contributed by atoms with Crippen molar-refractivity contribution in [1.82, 2.24) is 5.32 Å². The maximum atomic E-state index is 11.8. The van der Waals surface area contributed by atoms with Crippen molar-refractivity contribution in [2.24, 2.45) is 0 Å². The van der Waals surface area contributed by atoms with Crippen molar-refractivity contribution in [1.29, 1.82) is 0 Å². The van der Waals surface area contributed by atoms with Gasteiger partial charge in [0, 0.05) is 6.08 Å². The molecule has 1 aliphatic rings. The molecule has 0 saturated carbocycles. The second-order valence-corrected chi connectivity index (χ2v) is 5.89. The van der Waals surface area contributed by atoms with E-state index in [0.29, 0.717) is 18.1 Å². The fourth-order valence-corrected chi connectivity index (χ4v) is 2.94. The Labute approximate surface area is 146 Å². The van der Waals surface area contributed by atoms with Gasteiger partial charge in [-0.1, -0.05) is 72.8 Å². The van der Waals surface area contributed by atoms with Gasteiger partial charge < -0.3 is 10.1 Å². The summed E-state index contributed by atoms with van der Waals surface area (Å²) in [5.74, 6) is 0.414. The van der Waals surface area contributed by atoms with Crippen molar-refractivity contribution in [2.45, 2.75) is 6.61 Å². The summed E-state index contributed by atoms with van der Waals surface area (Å²) in [7, 11) is 0. The van der Waals surface area contributed by atoms with Crippen molar-refractivity contribution >= 4 is 22.8 Å². The summed E-state index contributed by atoms with van der Waals surface area (Å²) in [6.07, 6.45) is 3.42. The van der Waals surface area contributed by atoms with Crippen LogP contribution in [0.1, 0.15) is 11.1 Å². The van der Waals surface area contributed by atoms with E-state index in [0.717, 1.165) is 16.5 Å². The molecular formula is C22H17NO2. The first-order valence-electron chi connectivity index (χ1n) is 8.19. The minimum atomic E-state index is -0.157. The van der Waals surface area contributed by atoms with Gasteiger partial charge >= 0.3 is 0 Å². The molecule has 1 N–H and O–H groups in total. The number of carbonyl (C=O) groups is 1. The van der Waals surface area contributed by atoms with Gasteiger partial charge in [0.2, 0.25) is 0 Å². The van der Waals surface area contributed by atoms with E-state index in [2.05, 4.69) is 23.5 Å².